The van der Waals surface area contributed by atoms with Gasteiger partial charge in [-0.05, 0) is 30.2 Å². The van der Waals surface area contributed by atoms with Crippen LogP contribution in [0.2, 0.25) is 0 Å². The maximum Gasteiger partial charge on any atom is 0.270 e. The van der Waals surface area contributed by atoms with Gasteiger partial charge in [0.15, 0.2) is 11.6 Å². The highest BCUT2D eigenvalue weighted by Crippen LogP contribution is 2.18. The molecule has 0 bridgehead atoms. The molecule has 28 heavy (non-hydrogen) atoms. The molecule has 0 aliphatic heterocycles. The van der Waals surface area contributed by atoms with Crippen LogP contribution in [0.3, 0.4) is 0 Å². The van der Waals surface area contributed by atoms with Crippen molar-refractivity contribution >= 4 is 17.4 Å². The second-order valence-electron chi connectivity index (χ2n) is 5.86. The highest BCUT2D eigenvalue weighted by atomic mass is 19.2. The predicted molar refractivity (Wildman–Crippen MR) is 101 cm³/mol. The number of hydrogen-bond donors (Lipinski definition) is 2. The first-order valence-corrected chi connectivity index (χ1v) is 8.51. The van der Waals surface area contributed by atoms with Gasteiger partial charge >= 0.3 is 0 Å². The fourth-order valence-electron chi connectivity index (χ4n) is 2.58. The summed E-state index contributed by atoms with van der Waals surface area (Å²) in [6.45, 7) is 0.398. The summed E-state index contributed by atoms with van der Waals surface area (Å²) in [7, 11) is 1.60. The summed E-state index contributed by atoms with van der Waals surface area (Å²) >= 11 is 0. The van der Waals surface area contributed by atoms with Gasteiger partial charge in [0.25, 0.3) is 5.91 Å². The lowest BCUT2D eigenvalue weighted by Crippen LogP contribution is -2.26. The van der Waals surface area contributed by atoms with Crippen LogP contribution < -0.4 is 15.4 Å². The number of amides is 1. The minimum atomic E-state index is -0.978. The number of halogens is 2. The van der Waals surface area contributed by atoms with E-state index in [1.807, 2.05) is 24.3 Å². The van der Waals surface area contributed by atoms with E-state index in [1.54, 1.807) is 7.11 Å². The summed E-state index contributed by atoms with van der Waals surface area (Å²) in [4.78, 5) is 20.3. The average Bonchev–Trinajstić information content (AvgIpc) is 2.71. The predicted octanol–water partition coefficient (Wildman–Crippen LogP) is 3.48. The number of benzene rings is 2. The Hall–Kier alpha value is -3.55. The summed E-state index contributed by atoms with van der Waals surface area (Å²) < 4.78 is 31.6. The quantitative estimate of drug-likeness (QED) is 0.652. The Labute approximate surface area is 160 Å². The van der Waals surface area contributed by atoms with Gasteiger partial charge in [0.1, 0.15) is 23.6 Å². The van der Waals surface area contributed by atoms with E-state index in [-0.39, 0.29) is 17.4 Å². The van der Waals surface area contributed by atoms with Crippen LogP contribution in [-0.2, 0) is 6.42 Å². The van der Waals surface area contributed by atoms with E-state index in [0.29, 0.717) is 18.7 Å². The highest BCUT2D eigenvalue weighted by Gasteiger charge is 2.10. The number of rotatable bonds is 7. The molecule has 3 aromatic rings. The standard InChI is InChI=1S/C20H18F2N4O2/c1-28-18-5-3-2-4-13(18)8-9-23-20(27)17-11-19(25-12-24-17)26-14-6-7-15(21)16(22)10-14/h2-7,10-12H,8-9H2,1H3,(H,23,27)(H,24,25,26). The first kappa shape index (κ1) is 19.2. The Kier molecular flexibility index (Phi) is 6.11. The topological polar surface area (TPSA) is 76.1 Å². The van der Waals surface area contributed by atoms with Crippen molar-refractivity contribution in [3.8, 4) is 5.75 Å². The van der Waals surface area contributed by atoms with Crippen LogP contribution in [0.1, 0.15) is 16.1 Å². The van der Waals surface area contributed by atoms with E-state index >= 15 is 0 Å². The van der Waals surface area contributed by atoms with Crippen LogP contribution in [-0.4, -0.2) is 29.5 Å². The number of nitrogens with one attached hydrogen (secondary N) is 2. The van der Waals surface area contributed by atoms with Gasteiger partial charge < -0.3 is 15.4 Å². The molecule has 1 heterocycles. The van der Waals surface area contributed by atoms with Crippen molar-refractivity contribution in [3.05, 3.63) is 77.8 Å². The molecular formula is C20H18F2N4O2. The Bertz CT molecular complexity index is 982. The van der Waals surface area contributed by atoms with E-state index in [2.05, 4.69) is 20.6 Å². The van der Waals surface area contributed by atoms with Gasteiger partial charge in [0, 0.05) is 24.4 Å². The number of para-hydroxylation sites is 1. The van der Waals surface area contributed by atoms with Gasteiger partial charge in [-0.15, -0.1) is 0 Å². The molecule has 144 valence electrons. The SMILES string of the molecule is COc1ccccc1CCNC(=O)c1cc(Nc2ccc(F)c(F)c2)ncn1. The van der Waals surface area contributed by atoms with Crippen LogP contribution in [0.4, 0.5) is 20.3 Å². The Balaban J connectivity index is 1.61. The Morgan fingerprint density at radius 2 is 1.89 bits per heavy atom. The summed E-state index contributed by atoms with van der Waals surface area (Å²) in [6.07, 6.45) is 1.82. The number of methoxy groups -OCH3 is 1. The molecule has 0 aliphatic carbocycles. The van der Waals surface area contributed by atoms with E-state index in [1.165, 1.54) is 18.5 Å². The van der Waals surface area contributed by atoms with Crippen LogP contribution in [0, 0.1) is 11.6 Å². The molecule has 0 spiro atoms. The fraction of sp³-hybridized carbons (Fsp3) is 0.150. The van der Waals surface area contributed by atoms with Crippen molar-refractivity contribution in [2.45, 2.75) is 6.42 Å². The molecule has 6 nitrogen and oxygen atoms in total. The van der Waals surface area contributed by atoms with Crippen molar-refractivity contribution < 1.29 is 18.3 Å². The van der Waals surface area contributed by atoms with Crippen molar-refractivity contribution in [1.29, 1.82) is 0 Å². The Morgan fingerprint density at radius 1 is 1.07 bits per heavy atom. The lowest BCUT2D eigenvalue weighted by atomic mass is 10.1. The lowest BCUT2D eigenvalue weighted by molar-refractivity contribution is 0.0949. The molecule has 2 N–H and O–H groups in total. The Morgan fingerprint density at radius 3 is 2.68 bits per heavy atom. The molecule has 8 heteroatoms. The third-order valence-electron chi connectivity index (χ3n) is 3.96. The van der Waals surface area contributed by atoms with Crippen molar-refractivity contribution in [1.82, 2.24) is 15.3 Å². The first-order valence-electron chi connectivity index (χ1n) is 8.51. The summed E-state index contributed by atoms with van der Waals surface area (Å²) in [6, 6.07) is 12.4. The minimum Gasteiger partial charge on any atom is -0.496 e. The summed E-state index contributed by atoms with van der Waals surface area (Å²) in [5.41, 5.74) is 1.44. The number of ether oxygens (including phenoxy) is 1. The zero-order valence-corrected chi connectivity index (χ0v) is 15.1. The third kappa shape index (κ3) is 4.79. The first-order chi connectivity index (χ1) is 13.6. The van der Waals surface area contributed by atoms with Gasteiger partial charge in [0.2, 0.25) is 0 Å². The average molecular weight is 384 g/mol. The molecule has 3 rings (SSSR count). The van der Waals surface area contributed by atoms with Gasteiger partial charge in [-0.1, -0.05) is 18.2 Å². The number of anilines is 2. The van der Waals surface area contributed by atoms with Crippen LogP contribution in [0.25, 0.3) is 0 Å². The van der Waals surface area contributed by atoms with Gasteiger partial charge in [0.05, 0.1) is 7.11 Å². The molecule has 1 aromatic heterocycles. The van der Waals surface area contributed by atoms with Gasteiger partial charge in [-0.25, -0.2) is 18.7 Å². The van der Waals surface area contributed by atoms with Gasteiger partial charge in [-0.2, -0.15) is 0 Å². The summed E-state index contributed by atoms with van der Waals surface area (Å²) in [5, 5.41) is 5.59. The molecule has 0 unspecified atom stereocenters. The zero-order valence-electron chi connectivity index (χ0n) is 15.1. The normalized spacial score (nSPS) is 10.4. The molecular weight excluding hydrogens is 366 g/mol. The van der Waals surface area contributed by atoms with Crippen LogP contribution in [0.5, 0.6) is 5.75 Å². The van der Waals surface area contributed by atoms with Crippen LogP contribution in [0.15, 0.2) is 54.9 Å². The number of aromatic nitrogens is 2. The van der Waals surface area contributed by atoms with Crippen molar-refractivity contribution in [2.75, 3.05) is 19.0 Å². The number of nitrogens with zero attached hydrogens (tertiary/aromatic N) is 2. The maximum absolute atomic E-state index is 13.3. The lowest BCUT2D eigenvalue weighted by Gasteiger charge is -2.10. The molecule has 0 atom stereocenters. The second kappa shape index (κ2) is 8.90. The molecule has 0 saturated heterocycles. The molecule has 0 saturated carbocycles. The number of carbonyl (C=O) groups excluding carboxylic acids is 1. The number of carbonyl (C=O) groups is 1. The molecule has 2 aromatic carbocycles. The molecule has 0 fully saturated rings. The molecule has 0 aliphatic rings. The van der Waals surface area contributed by atoms with Crippen molar-refractivity contribution in [2.24, 2.45) is 0 Å². The molecule has 1 amide bonds. The number of hydrogen-bond acceptors (Lipinski definition) is 5. The van der Waals surface area contributed by atoms with E-state index < -0.39 is 11.6 Å². The monoisotopic (exact) mass is 384 g/mol. The van der Waals surface area contributed by atoms with E-state index in [0.717, 1.165) is 23.4 Å². The van der Waals surface area contributed by atoms with Crippen LogP contribution >= 0.6 is 0 Å². The molecule has 0 radical (unpaired) electrons. The van der Waals surface area contributed by atoms with Crippen molar-refractivity contribution in [3.63, 3.8) is 0 Å². The largest absolute Gasteiger partial charge is 0.496 e. The maximum atomic E-state index is 13.3. The van der Waals surface area contributed by atoms with Gasteiger partial charge in [-0.3, -0.25) is 4.79 Å². The second-order valence-corrected chi connectivity index (χ2v) is 5.86. The third-order valence-corrected chi connectivity index (χ3v) is 3.96. The minimum absolute atomic E-state index is 0.153. The summed E-state index contributed by atoms with van der Waals surface area (Å²) in [5.74, 6) is -1.24. The fourth-order valence-corrected chi connectivity index (χ4v) is 2.58. The van der Waals surface area contributed by atoms with E-state index in [9.17, 15) is 13.6 Å². The highest BCUT2D eigenvalue weighted by molar-refractivity contribution is 5.92. The smallest absolute Gasteiger partial charge is 0.270 e. The van der Waals surface area contributed by atoms with E-state index in [4.69, 9.17) is 4.74 Å². The zero-order chi connectivity index (χ0) is 19.9.